The highest BCUT2D eigenvalue weighted by Gasteiger charge is 2.11. The van der Waals surface area contributed by atoms with Crippen LogP contribution >= 0.6 is 11.6 Å². The number of nitrogens with one attached hydrogen (secondary N) is 2. The molecule has 2 aromatic rings. The van der Waals surface area contributed by atoms with E-state index in [2.05, 4.69) is 10.6 Å². The predicted octanol–water partition coefficient (Wildman–Crippen LogP) is 3.02. The van der Waals surface area contributed by atoms with Crippen LogP contribution in [0.4, 0.5) is 11.4 Å². The maximum absolute atomic E-state index is 12.0. The molecular formula is C17H16ClN3O5. The minimum atomic E-state index is -0.546. The van der Waals surface area contributed by atoms with Crippen molar-refractivity contribution in [3.63, 3.8) is 0 Å². The van der Waals surface area contributed by atoms with Gasteiger partial charge in [0.1, 0.15) is 5.75 Å². The van der Waals surface area contributed by atoms with E-state index in [0.29, 0.717) is 16.5 Å². The molecule has 0 aliphatic carbocycles. The predicted molar refractivity (Wildman–Crippen MR) is 96.7 cm³/mol. The molecule has 2 N–H and O–H groups in total. The first kappa shape index (κ1) is 19.2. The number of amides is 2. The van der Waals surface area contributed by atoms with Gasteiger partial charge in [0, 0.05) is 35.7 Å². The van der Waals surface area contributed by atoms with Gasteiger partial charge in [-0.3, -0.25) is 19.7 Å². The van der Waals surface area contributed by atoms with Crippen LogP contribution in [0.3, 0.4) is 0 Å². The standard InChI is InChI=1S/C17H16ClN3O5/c1-26-15-7-4-12(18)10-14(15)20-16(22)8-9-19-17(23)11-2-5-13(6-3-11)21(24)25/h2-7,10H,8-9H2,1H3,(H,19,23)(H,20,22). The van der Waals surface area contributed by atoms with Crippen molar-refractivity contribution in [1.82, 2.24) is 5.32 Å². The van der Waals surface area contributed by atoms with E-state index < -0.39 is 10.8 Å². The molecule has 0 heterocycles. The van der Waals surface area contributed by atoms with E-state index in [1.165, 1.54) is 31.4 Å². The number of carbonyl (C=O) groups is 2. The lowest BCUT2D eigenvalue weighted by Gasteiger charge is -2.11. The number of hydrogen-bond acceptors (Lipinski definition) is 5. The normalized spacial score (nSPS) is 10.1. The van der Waals surface area contributed by atoms with Gasteiger partial charge >= 0.3 is 0 Å². The van der Waals surface area contributed by atoms with Crippen molar-refractivity contribution in [2.75, 3.05) is 19.0 Å². The molecule has 0 aromatic heterocycles. The van der Waals surface area contributed by atoms with Gasteiger partial charge in [-0.1, -0.05) is 11.6 Å². The number of nitro benzene ring substituents is 1. The van der Waals surface area contributed by atoms with Crippen LogP contribution in [0, 0.1) is 10.1 Å². The second-order valence-corrected chi connectivity index (χ2v) is 5.64. The molecule has 0 radical (unpaired) electrons. The Bertz CT molecular complexity index is 824. The molecule has 0 aliphatic rings. The minimum Gasteiger partial charge on any atom is -0.495 e. The number of nitro groups is 1. The van der Waals surface area contributed by atoms with Crippen LogP contribution < -0.4 is 15.4 Å². The molecule has 0 bridgehead atoms. The van der Waals surface area contributed by atoms with Crippen molar-refractivity contribution in [3.05, 3.63) is 63.2 Å². The summed E-state index contributed by atoms with van der Waals surface area (Å²) in [5.41, 5.74) is 0.607. The van der Waals surface area contributed by atoms with E-state index in [1.54, 1.807) is 18.2 Å². The van der Waals surface area contributed by atoms with Crippen LogP contribution in [-0.4, -0.2) is 30.4 Å². The first-order chi connectivity index (χ1) is 12.4. The first-order valence-corrected chi connectivity index (χ1v) is 7.94. The Hall–Kier alpha value is -3.13. The molecule has 9 heteroatoms. The van der Waals surface area contributed by atoms with Gasteiger partial charge in [-0.25, -0.2) is 0 Å². The zero-order valence-corrected chi connectivity index (χ0v) is 14.6. The summed E-state index contributed by atoms with van der Waals surface area (Å²) < 4.78 is 5.14. The summed E-state index contributed by atoms with van der Waals surface area (Å²) in [6, 6.07) is 10.0. The van der Waals surface area contributed by atoms with Crippen molar-refractivity contribution in [3.8, 4) is 5.75 Å². The Kier molecular flexibility index (Phi) is 6.51. The summed E-state index contributed by atoms with van der Waals surface area (Å²) in [6.07, 6.45) is 0.0361. The molecule has 2 amide bonds. The molecule has 0 saturated heterocycles. The van der Waals surface area contributed by atoms with Crippen LogP contribution in [-0.2, 0) is 4.79 Å². The topological polar surface area (TPSA) is 111 Å². The van der Waals surface area contributed by atoms with Crippen LogP contribution in [0.15, 0.2) is 42.5 Å². The first-order valence-electron chi connectivity index (χ1n) is 7.56. The zero-order chi connectivity index (χ0) is 19.1. The van der Waals surface area contributed by atoms with Crippen LogP contribution in [0.5, 0.6) is 5.75 Å². The van der Waals surface area contributed by atoms with Gasteiger partial charge in [0.25, 0.3) is 11.6 Å². The minimum absolute atomic E-state index is 0.0361. The molecule has 0 spiro atoms. The largest absolute Gasteiger partial charge is 0.495 e. The van der Waals surface area contributed by atoms with Crippen molar-refractivity contribution in [2.45, 2.75) is 6.42 Å². The summed E-state index contributed by atoms with van der Waals surface area (Å²) in [6.45, 7) is 0.102. The Morgan fingerprint density at radius 2 is 1.88 bits per heavy atom. The Balaban J connectivity index is 1.85. The second kappa shape index (κ2) is 8.82. The van der Waals surface area contributed by atoms with Crippen LogP contribution in [0.2, 0.25) is 5.02 Å². The molecule has 0 saturated carbocycles. The molecule has 0 unspecified atom stereocenters. The summed E-state index contributed by atoms with van der Waals surface area (Å²) >= 11 is 5.90. The molecule has 2 aromatic carbocycles. The number of anilines is 1. The smallest absolute Gasteiger partial charge is 0.269 e. The van der Waals surface area contributed by atoms with Crippen molar-refractivity contribution in [2.24, 2.45) is 0 Å². The van der Waals surface area contributed by atoms with Gasteiger partial charge in [-0.15, -0.1) is 0 Å². The van der Waals surface area contributed by atoms with E-state index >= 15 is 0 Å². The number of nitrogens with zero attached hydrogens (tertiary/aromatic N) is 1. The number of rotatable bonds is 7. The number of benzene rings is 2. The van der Waals surface area contributed by atoms with Gasteiger partial charge in [0.05, 0.1) is 17.7 Å². The Morgan fingerprint density at radius 3 is 2.50 bits per heavy atom. The van der Waals surface area contributed by atoms with Crippen LogP contribution in [0.1, 0.15) is 16.8 Å². The maximum atomic E-state index is 12.0. The van der Waals surface area contributed by atoms with Gasteiger partial charge < -0.3 is 15.4 Å². The molecule has 26 heavy (non-hydrogen) atoms. The molecular weight excluding hydrogens is 362 g/mol. The number of non-ortho nitro benzene ring substituents is 1. The molecule has 0 aliphatic heterocycles. The number of ether oxygens (including phenoxy) is 1. The summed E-state index contributed by atoms with van der Waals surface area (Å²) in [4.78, 5) is 34.0. The van der Waals surface area contributed by atoms with Gasteiger partial charge in [0.15, 0.2) is 0 Å². The molecule has 136 valence electrons. The van der Waals surface area contributed by atoms with E-state index in [1.807, 2.05) is 0 Å². The monoisotopic (exact) mass is 377 g/mol. The lowest BCUT2D eigenvalue weighted by molar-refractivity contribution is -0.384. The average molecular weight is 378 g/mol. The van der Waals surface area contributed by atoms with E-state index in [9.17, 15) is 19.7 Å². The number of hydrogen-bond donors (Lipinski definition) is 2. The lowest BCUT2D eigenvalue weighted by Crippen LogP contribution is -2.27. The molecule has 2 rings (SSSR count). The summed E-state index contributed by atoms with van der Waals surface area (Å²) in [7, 11) is 1.48. The summed E-state index contributed by atoms with van der Waals surface area (Å²) in [5.74, 6) is -0.278. The fourth-order valence-electron chi connectivity index (χ4n) is 2.12. The second-order valence-electron chi connectivity index (χ2n) is 5.20. The van der Waals surface area contributed by atoms with E-state index in [0.717, 1.165) is 0 Å². The highest BCUT2D eigenvalue weighted by molar-refractivity contribution is 6.31. The van der Waals surface area contributed by atoms with Gasteiger partial charge in [-0.05, 0) is 30.3 Å². The SMILES string of the molecule is COc1ccc(Cl)cc1NC(=O)CCNC(=O)c1ccc([N+](=O)[O-])cc1. The average Bonchev–Trinajstić information content (AvgIpc) is 2.62. The van der Waals surface area contributed by atoms with Gasteiger partial charge in [-0.2, -0.15) is 0 Å². The third-order valence-corrected chi connectivity index (χ3v) is 3.65. The quantitative estimate of drug-likeness (QED) is 0.569. The summed E-state index contributed by atoms with van der Waals surface area (Å²) in [5, 5.41) is 16.3. The highest BCUT2D eigenvalue weighted by Crippen LogP contribution is 2.27. The number of methoxy groups -OCH3 is 1. The van der Waals surface area contributed by atoms with E-state index in [4.69, 9.17) is 16.3 Å². The van der Waals surface area contributed by atoms with Crippen molar-refractivity contribution in [1.29, 1.82) is 0 Å². The Morgan fingerprint density at radius 1 is 1.19 bits per heavy atom. The highest BCUT2D eigenvalue weighted by atomic mass is 35.5. The van der Waals surface area contributed by atoms with Crippen LogP contribution in [0.25, 0.3) is 0 Å². The maximum Gasteiger partial charge on any atom is 0.269 e. The lowest BCUT2D eigenvalue weighted by atomic mass is 10.2. The Labute approximate surface area is 154 Å². The molecule has 0 atom stereocenters. The van der Waals surface area contributed by atoms with Gasteiger partial charge in [0.2, 0.25) is 5.91 Å². The number of carbonyl (C=O) groups excluding carboxylic acids is 2. The third-order valence-electron chi connectivity index (χ3n) is 3.41. The fraction of sp³-hybridized carbons (Fsp3) is 0.176. The third kappa shape index (κ3) is 5.18. The van der Waals surface area contributed by atoms with Crippen molar-refractivity contribution < 1.29 is 19.2 Å². The van der Waals surface area contributed by atoms with Crippen molar-refractivity contribution >= 4 is 34.8 Å². The zero-order valence-electron chi connectivity index (χ0n) is 13.8. The molecule has 8 nitrogen and oxygen atoms in total. The number of halogens is 1. The van der Waals surface area contributed by atoms with E-state index in [-0.39, 0.29) is 30.1 Å². The fourth-order valence-corrected chi connectivity index (χ4v) is 2.29. The molecule has 0 fully saturated rings.